The lowest BCUT2D eigenvalue weighted by Gasteiger charge is -2.56. The second-order valence-corrected chi connectivity index (χ2v) is 6.21. The molecule has 15 heavy (non-hydrogen) atoms. The van der Waals surface area contributed by atoms with Crippen molar-refractivity contribution in [1.29, 1.82) is 0 Å². The molecule has 2 aliphatic heterocycles. The fourth-order valence-corrected chi connectivity index (χ4v) is 2.84. The quantitative estimate of drug-likeness (QED) is 0.742. The molecule has 0 atom stereocenters. The van der Waals surface area contributed by atoms with Crippen LogP contribution in [-0.4, -0.2) is 48.8 Å². The normalized spacial score (nSPS) is 29.4. The van der Waals surface area contributed by atoms with Crippen molar-refractivity contribution in [2.24, 2.45) is 5.92 Å². The predicted molar refractivity (Wildman–Crippen MR) is 62.0 cm³/mol. The van der Waals surface area contributed by atoms with Gasteiger partial charge < -0.3 is 10.1 Å². The van der Waals surface area contributed by atoms with Crippen LogP contribution in [0.2, 0.25) is 0 Å². The lowest BCUT2D eigenvalue weighted by Crippen LogP contribution is -2.73. The van der Waals surface area contributed by atoms with E-state index >= 15 is 0 Å². The molecule has 1 N–H and O–H groups in total. The third-order valence-corrected chi connectivity index (χ3v) is 3.14. The molecule has 0 unspecified atom stereocenters. The Balaban J connectivity index is 1.85. The smallest absolute Gasteiger partial charge is 0.107 e. The van der Waals surface area contributed by atoms with Crippen LogP contribution in [0, 0.1) is 5.92 Å². The molecule has 88 valence electrons. The minimum absolute atomic E-state index is 0.00215. The van der Waals surface area contributed by atoms with Gasteiger partial charge in [0.05, 0.1) is 5.60 Å². The van der Waals surface area contributed by atoms with Gasteiger partial charge in [-0.1, -0.05) is 13.8 Å². The van der Waals surface area contributed by atoms with E-state index in [0.29, 0.717) is 0 Å². The van der Waals surface area contributed by atoms with E-state index in [2.05, 4.69) is 37.9 Å². The van der Waals surface area contributed by atoms with Crippen LogP contribution in [0.15, 0.2) is 0 Å². The van der Waals surface area contributed by atoms with Crippen molar-refractivity contribution in [1.82, 2.24) is 10.2 Å². The van der Waals surface area contributed by atoms with Crippen LogP contribution in [0.4, 0.5) is 0 Å². The van der Waals surface area contributed by atoms with Crippen molar-refractivity contribution in [2.75, 3.05) is 32.7 Å². The number of ether oxygens (including phenoxy) is 1. The van der Waals surface area contributed by atoms with Crippen LogP contribution in [0.5, 0.6) is 0 Å². The van der Waals surface area contributed by atoms with Crippen molar-refractivity contribution in [3.8, 4) is 0 Å². The average Bonchev–Trinajstić information content (AvgIpc) is 1.97. The SMILES string of the molecule is CC(C)CN1CC2(CNCC(C)(C)O2)C1. The number of morpholine rings is 1. The van der Waals surface area contributed by atoms with Crippen LogP contribution < -0.4 is 5.32 Å². The van der Waals surface area contributed by atoms with Crippen molar-refractivity contribution in [3.05, 3.63) is 0 Å². The topological polar surface area (TPSA) is 24.5 Å². The lowest BCUT2D eigenvalue weighted by molar-refractivity contribution is -0.221. The zero-order valence-electron chi connectivity index (χ0n) is 10.5. The first-order chi connectivity index (χ1) is 6.91. The first kappa shape index (κ1) is 11.4. The van der Waals surface area contributed by atoms with Gasteiger partial charge in [-0.3, -0.25) is 4.90 Å². The third-order valence-electron chi connectivity index (χ3n) is 3.14. The van der Waals surface area contributed by atoms with Gasteiger partial charge in [-0.25, -0.2) is 0 Å². The van der Waals surface area contributed by atoms with Crippen molar-refractivity contribution in [3.63, 3.8) is 0 Å². The minimum atomic E-state index is 0.00215. The van der Waals surface area contributed by atoms with E-state index in [1.165, 1.54) is 6.54 Å². The number of nitrogens with zero attached hydrogens (tertiary/aromatic N) is 1. The van der Waals surface area contributed by atoms with E-state index in [9.17, 15) is 0 Å². The van der Waals surface area contributed by atoms with Crippen LogP contribution in [0.25, 0.3) is 0 Å². The Labute approximate surface area is 93.2 Å². The van der Waals surface area contributed by atoms with E-state index in [4.69, 9.17) is 4.74 Å². The molecule has 0 amide bonds. The summed E-state index contributed by atoms with van der Waals surface area (Å²) in [6.07, 6.45) is 0. The van der Waals surface area contributed by atoms with Gasteiger partial charge in [-0.2, -0.15) is 0 Å². The highest BCUT2D eigenvalue weighted by atomic mass is 16.5. The maximum atomic E-state index is 6.20. The Morgan fingerprint density at radius 3 is 2.47 bits per heavy atom. The largest absolute Gasteiger partial charge is 0.364 e. The Hall–Kier alpha value is -0.120. The summed E-state index contributed by atoms with van der Waals surface area (Å²) in [5.41, 5.74) is 0.110. The molecule has 1 spiro atoms. The molecular weight excluding hydrogens is 188 g/mol. The molecule has 2 saturated heterocycles. The van der Waals surface area contributed by atoms with E-state index in [0.717, 1.165) is 32.1 Å². The molecular formula is C12H24N2O. The summed E-state index contributed by atoms with van der Waals surface area (Å²) in [5.74, 6) is 0.756. The first-order valence-corrected chi connectivity index (χ1v) is 6.04. The average molecular weight is 212 g/mol. The molecule has 0 bridgehead atoms. The summed E-state index contributed by atoms with van der Waals surface area (Å²) in [4.78, 5) is 2.49. The fourth-order valence-electron chi connectivity index (χ4n) is 2.84. The predicted octanol–water partition coefficient (Wildman–Crippen LogP) is 1.10. The molecule has 0 aromatic carbocycles. The summed E-state index contributed by atoms with van der Waals surface area (Å²) in [6, 6.07) is 0. The monoisotopic (exact) mass is 212 g/mol. The Morgan fingerprint density at radius 2 is 1.93 bits per heavy atom. The summed E-state index contributed by atoms with van der Waals surface area (Å²) in [7, 11) is 0. The van der Waals surface area contributed by atoms with Gasteiger partial charge in [0.2, 0.25) is 0 Å². The van der Waals surface area contributed by atoms with Gasteiger partial charge in [0.15, 0.2) is 0 Å². The van der Waals surface area contributed by atoms with Gasteiger partial charge in [-0.05, 0) is 19.8 Å². The zero-order chi connectivity index (χ0) is 11.1. The Kier molecular flexibility index (Phi) is 2.82. The number of hydrogen-bond donors (Lipinski definition) is 1. The molecule has 3 heteroatoms. The molecule has 2 fully saturated rings. The molecule has 2 heterocycles. The van der Waals surface area contributed by atoms with Crippen LogP contribution >= 0.6 is 0 Å². The summed E-state index contributed by atoms with van der Waals surface area (Å²) < 4.78 is 6.20. The highest BCUT2D eigenvalue weighted by Gasteiger charge is 2.49. The van der Waals surface area contributed by atoms with Gasteiger partial charge in [0, 0.05) is 32.7 Å². The van der Waals surface area contributed by atoms with Gasteiger partial charge >= 0.3 is 0 Å². The number of hydrogen-bond acceptors (Lipinski definition) is 3. The fraction of sp³-hybridized carbons (Fsp3) is 1.00. The van der Waals surface area contributed by atoms with Crippen LogP contribution in [0.3, 0.4) is 0 Å². The molecule has 2 rings (SSSR count). The molecule has 0 radical (unpaired) electrons. The summed E-state index contributed by atoms with van der Waals surface area (Å²) in [6.45, 7) is 14.3. The van der Waals surface area contributed by atoms with E-state index in [1.54, 1.807) is 0 Å². The molecule has 3 nitrogen and oxygen atoms in total. The molecule has 0 aromatic rings. The molecule has 0 aromatic heterocycles. The highest BCUT2D eigenvalue weighted by molar-refractivity contribution is 5.03. The summed E-state index contributed by atoms with van der Waals surface area (Å²) in [5, 5.41) is 3.49. The Bertz CT molecular complexity index is 232. The molecule has 0 aliphatic carbocycles. The van der Waals surface area contributed by atoms with E-state index in [1.807, 2.05) is 0 Å². The van der Waals surface area contributed by atoms with Gasteiger partial charge in [0.1, 0.15) is 5.60 Å². The Morgan fingerprint density at radius 1 is 1.27 bits per heavy atom. The van der Waals surface area contributed by atoms with Crippen molar-refractivity contribution < 1.29 is 4.74 Å². The van der Waals surface area contributed by atoms with Crippen LogP contribution in [-0.2, 0) is 4.74 Å². The number of likely N-dealkylation sites (tertiary alicyclic amines) is 1. The second-order valence-electron chi connectivity index (χ2n) is 6.21. The third kappa shape index (κ3) is 2.52. The maximum Gasteiger partial charge on any atom is 0.107 e. The van der Waals surface area contributed by atoms with Crippen molar-refractivity contribution in [2.45, 2.75) is 38.9 Å². The summed E-state index contributed by atoms with van der Waals surface area (Å²) >= 11 is 0. The number of nitrogens with one attached hydrogen (secondary N) is 1. The highest BCUT2D eigenvalue weighted by Crippen LogP contribution is 2.32. The van der Waals surface area contributed by atoms with Gasteiger partial charge in [0.25, 0.3) is 0 Å². The van der Waals surface area contributed by atoms with Crippen molar-refractivity contribution >= 4 is 0 Å². The molecule has 2 aliphatic rings. The van der Waals surface area contributed by atoms with Crippen LogP contribution in [0.1, 0.15) is 27.7 Å². The number of rotatable bonds is 2. The zero-order valence-corrected chi connectivity index (χ0v) is 10.5. The van der Waals surface area contributed by atoms with E-state index in [-0.39, 0.29) is 11.2 Å². The maximum absolute atomic E-state index is 6.20. The standard InChI is InChI=1S/C12H24N2O/c1-10(2)5-14-8-12(9-14)7-13-6-11(3,4)15-12/h10,13H,5-9H2,1-4H3. The first-order valence-electron chi connectivity index (χ1n) is 6.04. The van der Waals surface area contributed by atoms with Gasteiger partial charge in [-0.15, -0.1) is 0 Å². The second kappa shape index (κ2) is 3.72. The lowest BCUT2D eigenvalue weighted by atomic mass is 9.89. The van der Waals surface area contributed by atoms with E-state index < -0.39 is 0 Å². The minimum Gasteiger partial charge on any atom is -0.364 e. The molecule has 0 saturated carbocycles.